The zero-order valence-electron chi connectivity index (χ0n) is 17.2. The van der Waals surface area contributed by atoms with Crippen LogP contribution in [0.4, 0.5) is 0 Å². The van der Waals surface area contributed by atoms with Crippen molar-refractivity contribution < 1.29 is 19.0 Å². The van der Waals surface area contributed by atoms with Crippen molar-refractivity contribution in [1.29, 1.82) is 0 Å². The van der Waals surface area contributed by atoms with E-state index < -0.39 is 0 Å². The third kappa shape index (κ3) is 6.30. The molecule has 0 fully saturated rings. The standard InChI is InChI=1S/C23H26N2O4S/c1-27-14-6-13-25(23(26)18-9-11-20(28-2)12-10-18)15-19-17-30-22(24-19)16-29-21-7-4-3-5-8-21/h3-5,7-12,17H,6,13-16H2,1-2H3. The number of rotatable bonds is 11. The lowest BCUT2D eigenvalue weighted by atomic mass is 10.2. The molecule has 0 radical (unpaired) electrons. The Kier molecular flexibility index (Phi) is 8.23. The van der Waals surface area contributed by atoms with E-state index in [9.17, 15) is 4.79 Å². The predicted octanol–water partition coefficient (Wildman–Crippen LogP) is 4.41. The molecule has 0 aliphatic carbocycles. The van der Waals surface area contributed by atoms with E-state index in [0.29, 0.717) is 31.9 Å². The molecular formula is C23H26N2O4S. The van der Waals surface area contributed by atoms with Gasteiger partial charge in [-0.1, -0.05) is 18.2 Å². The Bertz CT molecular complexity index is 912. The van der Waals surface area contributed by atoms with E-state index in [1.54, 1.807) is 43.4 Å². The van der Waals surface area contributed by atoms with Crippen LogP contribution in [0.2, 0.25) is 0 Å². The van der Waals surface area contributed by atoms with Crippen LogP contribution in [0.25, 0.3) is 0 Å². The zero-order chi connectivity index (χ0) is 21.2. The number of thiazole rings is 1. The first-order valence-corrected chi connectivity index (χ1v) is 10.6. The van der Waals surface area contributed by atoms with Crippen LogP contribution >= 0.6 is 11.3 Å². The monoisotopic (exact) mass is 426 g/mol. The Morgan fingerprint density at radius 3 is 2.50 bits per heavy atom. The minimum atomic E-state index is -0.0381. The minimum Gasteiger partial charge on any atom is -0.497 e. The fraction of sp³-hybridized carbons (Fsp3) is 0.304. The second-order valence-corrected chi connectivity index (χ2v) is 7.58. The van der Waals surface area contributed by atoms with E-state index in [-0.39, 0.29) is 5.91 Å². The summed E-state index contributed by atoms with van der Waals surface area (Å²) in [7, 11) is 3.27. The van der Waals surface area contributed by atoms with Gasteiger partial charge < -0.3 is 19.1 Å². The van der Waals surface area contributed by atoms with Crippen LogP contribution in [0.1, 0.15) is 27.5 Å². The first-order chi connectivity index (χ1) is 14.7. The van der Waals surface area contributed by atoms with Crippen LogP contribution in [0.5, 0.6) is 11.5 Å². The molecule has 3 aromatic rings. The van der Waals surface area contributed by atoms with Crippen molar-refractivity contribution in [1.82, 2.24) is 9.88 Å². The van der Waals surface area contributed by atoms with Gasteiger partial charge in [0.15, 0.2) is 0 Å². The fourth-order valence-corrected chi connectivity index (χ4v) is 3.61. The van der Waals surface area contributed by atoms with Gasteiger partial charge in [-0.3, -0.25) is 4.79 Å². The molecule has 0 aliphatic rings. The Hall–Kier alpha value is -2.90. The molecule has 0 saturated carbocycles. The van der Waals surface area contributed by atoms with Crippen LogP contribution in [0, 0.1) is 0 Å². The average Bonchev–Trinajstić information content (AvgIpc) is 3.25. The Morgan fingerprint density at radius 1 is 1.03 bits per heavy atom. The fourth-order valence-electron chi connectivity index (χ4n) is 2.91. The van der Waals surface area contributed by atoms with Crippen LogP contribution < -0.4 is 9.47 Å². The summed E-state index contributed by atoms with van der Waals surface area (Å²) in [6.07, 6.45) is 0.756. The maximum Gasteiger partial charge on any atom is 0.254 e. The van der Waals surface area contributed by atoms with Gasteiger partial charge in [-0.05, 0) is 42.8 Å². The molecule has 1 aromatic heterocycles. The number of para-hydroxylation sites is 1. The van der Waals surface area contributed by atoms with Crippen LogP contribution in [-0.2, 0) is 17.9 Å². The summed E-state index contributed by atoms with van der Waals surface area (Å²) >= 11 is 1.54. The lowest BCUT2D eigenvalue weighted by molar-refractivity contribution is 0.0721. The van der Waals surface area contributed by atoms with E-state index in [4.69, 9.17) is 14.2 Å². The maximum atomic E-state index is 13.1. The summed E-state index contributed by atoms with van der Waals surface area (Å²) in [4.78, 5) is 19.5. The quantitative estimate of drug-likeness (QED) is 0.425. The molecule has 3 rings (SSSR count). The van der Waals surface area contributed by atoms with Gasteiger partial charge in [0, 0.05) is 31.2 Å². The van der Waals surface area contributed by atoms with Crippen molar-refractivity contribution in [2.45, 2.75) is 19.6 Å². The first-order valence-electron chi connectivity index (χ1n) is 9.73. The van der Waals surface area contributed by atoms with Crippen molar-refractivity contribution >= 4 is 17.2 Å². The number of ether oxygens (including phenoxy) is 3. The molecular weight excluding hydrogens is 400 g/mol. The number of carbonyl (C=O) groups excluding carboxylic acids is 1. The van der Waals surface area contributed by atoms with Crippen molar-refractivity contribution in [3.8, 4) is 11.5 Å². The Balaban J connectivity index is 1.65. The SMILES string of the molecule is COCCCN(Cc1csc(COc2ccccc2)n1)C(=O)c1ccc(OC)cc1. The van der Waals surface area contributed by atoms with Gasteiger partial charge >= 0.3 is 0 Å². The van der Waals surface area contributed by atoms with Crippen LogP contribution in [-0.4, -0.2) is 43.2 Å². The normalized spacial score (nSPS) is 10.6. The van der Waals surface area contributed by atoms with Gasteiger partial charge in [0.1, 0.15) is 23.1 Å². The molecule has 1 amide bonds. The molecule has 0 spiro atoms. The van der Waals surface area contributed by atoms with Crippen molar-refractivity contribution in [2.24, 2.45) is 0 Å². The Morgan fingerprint density at radius 2 is 1.80 bits per heavy atom. The second-order valence-electron chi connectivity index (χ2n) is 6.64. The van der Waals surface area contributed by atoms with Gasteiger partial charge in [-0.15, -0.1) is 11.3 Å². The largest absolute Gasteiger partial charge is 0.497 e. The molecule has 6 nitrogen and oxygen atoms in total. The average molecular weight is 427 g/mol. The number of aromatic nitrogens is 1. The van der Waals surface area contributed by atoms with E-state index in [1.807, 2.05) is 35.7 Å². The number of hydrogen-bond acceptors (Lipinski definition) is 6. The molecule has 2 aromatic carbocycles. The number of carbonyl (C=O) groups is 1. The molecule has 7 heteroatoms. The van der Waals surface area contributed by atoms with Gasteiger partial charge in [-0.2, -0.15) is 0 Å². The highest BCUT2D eigenvalue weighted by atomic mass is 32.1. The van der Waals surface area contributed by atoms with Gasteiger partial charge in [0.05, 0.1) is 19.3 Å². The van der Waals surface area contributed by atoms with Crippen molar-refractivity contribution in [2.75, 3.05) is 27.4 Å². The molecule has 0 aliphatic heterocycles. The highest BCUT2D eigenvalue weighted by Gasteiger charge is 2.17. The Labute approximate surface area is 181 Å². The molecule has 0 unspecified atom stereocenters. The van der Waals surface area contributed by atoms with Crippen LogP contribution in [0.3, 0.4) is 0 Å². The van der Waals surface area contributed by atoms with Crippen molar-refractivity contribution in [3.63, 3.8) is 0 Å². The lowest BCUT2D eigenvalue weighted by Crippen LogP contribution is -2.32. The molecule has 0 saturated heterocycles. The maximum absolute atomic E-state index is 13.1. The third-order valence-corrected chi connectivity index (χ3v) is 5.33. The number of hydrogen-bond donors (Lipinski definition) is 0. The zero-order valence-corrected chi connectivity index (χ0v) is 18.1. The summed E-state index contributed by atoms with van der Waals surface area (Å²) in [6.45, 7) is 2.03. The minimum absolute atomic E-state index is 0.0381. The summed E-state index contributed by atoms with van der Waals surface area (Å²) in [5.74, 6) is 1.49. The van der Waals surface area contributed by atoms with E-state index in [1.165, 1.54) is 11.3 Å². The predicted molar refractivity (Wildman–Crippen MR) is 117 cm³/mol. The molecule has 0 N–H and O–H groups in total. The number of benzene rings is 2. The van der Waals surface area contributed by atoms with Crippen molar-refractivity contribution in [3.05, 3.63) is 76.2 Å². The summed E-state index contributed by atoms with van der Waals surface area (Å²) in [6, 6.07) is 16.8. The number of amides is 1. The summed E-state index contributed by atoms with van der Waals surface area (Å²) in [5.41, 5.74) is 1.47. The number of nitrogens with zero attached hydrogens (tertiary/aromatic N) is 2. The summed E-state index contributed by atoms with van der Waals surface area (Å²) in [5, 5.41) is 2.86. The van der Waals surface area contributed by atoms with E-state index in [0.717, 1.165) is 28.6 Å². The molecule has 158 valence electrons. The molecule has 30 heavy (non-hydrogen) atoms. The first kappa shape index (κ1) is 21.8. The highest BCUT2D eigenvalue weighted by Crippen LogP contribution is 2.18. The topological polar surface area (TPSA) is 60.9 Å². The lowest BCUT2D eigenvalue weighted by Gasteiger charge is -2.22. The molecule has 0 atom stereocenters. The molecule has 0 bridgehead atoms. The summed E-state index contributed by atoms with van der Waals surface area (Å²) < 4.78 is 16.1. The highest BCUT2D eigenvalue weighted by molar-refractivity contribution is 7.09. The van der Waals surface area contributed by atoms with Crippen LogP contribution in [0.15, 0.2) is 60.0 Å². The van der Waals surface area contributed by atoms with Gasteiger partial charge in [0.2, 0.25) is 0 Å². The third-order valence-electron chi connectivity index (χ3n) is 4.46. The smallest absolute Gasteiger partial charge is 0.254 e. The molecule has 1 heterocycles. The van der Waals surface area contributed by atoms with Gasteiger partial charge in [0.25, 0.3) is 5.91 Å². The second kappa shape index (κ2) is 11.3. The van der Waals surface area contributed by atoms with E-state index in [2.05, 4.69) is 4.98 Å². The number of methoxy groups -OCH3 is 2. The van der Waals surface area contributed by atoms with Gasteiger partial charge in [-0.25, -0.2) is 4.98 Å². The van der Waals surface area contributed by atoms with E-state index >= 15 is 0 Å².